The summed E-state index contributed by atoms with van der Waals surface area (Å²) < 4.78 is 68.0. The normalized spacial score (nSPS) is 25.8. The third-order valence-corrected chi connectivity index (χ3v) is 8.18. The predicted octanol–water partition coefficient (Wildman–Crippen LogP) is 3.17. The summed E-state index contributed by atoms with van der Waals surface area (Å²) in [6.07, 6.45) is -2.20. The molecular formula is C25H26F2N2O7S. The van der Waals surface area contributed by atoms with Crippen molar-refractivity contribution < 1.29 is 41.3 Å². The minimum absolute atomic E-state index is 0.0559. The number of alkyl halides is 2. The Kier molecular flexibility index (Phi) is 5.81. The Hall–Kier alpha value is -2.96. The largest absolute Gasteiger partial charge is 0.586 e. The Labute approximate surface area is 214 Å². The molecule has 2 fully saturated rings. The molecule has 3 unspecified atom stereocenters. The van der Waals surface area contributed by atoms with E-state index >= 15 is 0 Å². The Balaban J connectivity index is 1.22. The first-order valence-corrected chi connectivity index (χ1v) is 13.3. The molecule has 2 aromatic carbocycles. The number of nitrogens with zero attached hydrogens (tertiary/aromatic N) is 1. The molecule has 0 radical (unpaired) electrons. The van der Waals surface area contributed by atoms with Crippen LogP contribution in [-0.4, -0.2) is 58.0 Å². The molecule has 3 heterocycles. The maximum atomic E-state index is 13.6. The topological polar surface area (TPSA) is 107 Å². The smallest absolute Gasteiger partial charge is 0.497 e. The number of carbonyl (C=O) groups excluding carboxylic acids is 1. The highest BCUT2D eigenvalue weighted by Crippen LogP contribution is 2.52. The number of halogens is 2. The van der Waals surface area contributed by atoms with Gasteiger partial charge in [-0.1, -0.05) is 6.07 Å². The van der Waals surface area contributed by atoms with E-state index in [-0.39, 0.29) is 41.3 Å². The SMILES string of the molecule is COc1ccc2c(c1)OC(C1CN(CS(=O)O)C1)CC2NC(=O)C1(c2ccc3c(c2)OC(F)(F)O3)CC1. The molecule has 2 N–H and O–H groups in total. The van der Waals surface area contributed by atoms with Gasteiger partial charge in [-0.15, -0.1) is 8.78 Å². The van der Waals surface area contributed by atoms with Crippen LogP contribution in [0.2, 0.25) is 0 Å². The summed E-state index contributed by atoms with van der Waals surface area (Å²) in [4.78, 5) is 15.5. The Morgan fingerprint density at radius 1 is 1.16 bits per heavy atom. The van der Waals surface area contributed by atoms with Gasteiger partial charge in [0.2, 0.25) is 5.91 Å². The minimum atomic E-state index is -3.72. The zero-order valence-electron chi connectivity index (χ0n) is 19.9. The van der Waals surface area contributed by atoms with E-state index in [2.05, 4.69) is 14.8 Å². The summed E-state index contributed by atoms with van der Waals surface area (Å²) in [7, 11) is 1.57. The zero-order valence-corrected chi connectivity index (χ0v) is 20.8. The first-order valence-electron chi connectivity index (χ1n) is 12.0. The van der Waals surface area contributed by atoms with Crippen LogP contribution in [0.1, 0.15) is 36.4 Å². The molecule has 1 saturated heterocycles. The molecule has 1 saturated carbocycles. The Morgan fingerprint density at radius 3 is 2.62 bits per heavy atom. The van der Waals surface area contributed by atoms with Crippen LogP contribution in [0.25, 0.3) is 0 Å². The van der Waals surface area contributed by atoms with Gasteiger partial charge in [0, 0.05) is 37.1 Å². The molecule has 12 heteroatoms. The molecular weight excluding hydrogens is 510 g/mol. The van der Waals surface area contributed by atoms with Crippen molar-refractivity contribution in [2.75, 3.05) is 26.1 Å². The monoisotopic (exact) mass is 536 g/mol. The summed E-state index contributed by atoms with van der Waals surface area (Å²) >= 11 is -1.89. The lowest BCUT2D eigenvalue weighted by Gasteiger charge is -2.45. The van der Waals surface area contributed by atoms with Crippen LogP contribution < -0.4 is 24.3 Å². The van der Waals surface area contributed by atoms with E-state index in [1.165, 1.54) is 12.1 Å². The maximum absolute atomic E-state index is 13.6. The van der Waals surface area contributed by atoms with Crippen molar-refractivity contribution in [1.82, 2.24) is 10.2 Å². The number of ether oxygens (including phenoxy) is 4. The summed E-state index contributed by atoms with van der Waals surface area (Å²) in [5.74, 6) is 1.18. The van der Waals surface area contributed by atoms with Crippen LogP contribution in [0.5, 0.6) is 23.0 Å². The number of hydrogen-bond acceptors (Lipinski definition) is 7. The molecule has 0 spiro atoms. The number of carbonyl (C=O) groups is 1. The second-order valence-electron chi connectivity index (χ2n) is 9.98. The summed E-state index contributed by atoms with van der Waals surface area (Å²) in [5.41, 5.74) is 0.615. The highest BCUT2D eigenvalue weighted by atomic mass is 32.2. The molecule has 3 atom stereocenters. The highest BCUT2D eigenvalue weighted by Gasteiger charge is 2.53. The van der Waals surface area contributed by atoms with E-state index in [1.54, 1.807) is 19.2 Å². The van der Waals surface area contributed by atoms with Crippen molar-refractivity contribution in [3.05, 3.63) is 47.5 Å². The molecule has 3 aliphatic heterocycles. The second-order valence-corrected chi connectivity index (χ2v) is 10.9. The standard InChI is InChI=1S/C25H26F2N2O7S/c1-33-16-3-4-17-18(10-20(34-21(17)9-16)14-11-29(12-14)13-37(31)32)28-23(30)24(6-7-24)15-2-5-19-22(8-15)36-25(26,27)35-19/h2-5,8-9,14,18,20H,6-7,10-13H2,1H3,(H,28,30)(H,31,32). The molecule has 1 aliphatic carbocycles. The van der Waals surface area contributed by atoms with Gasteiger partial charge in [-0.3, -0.25) is 9.69 Å². The zero-order chi connectivity index (χ0) is 25.9. The lowest BCUT2D eigenvalue weighted by Crippen LogP contribution is -2.55. The van der Waals surface area contributed by atoms with E-state index in [4.69, 9.17) is 14.0 Å². The molecule has 0 aromatic heterocycles. The molecule has 2 aromatic rings. The fourth-order valence-electron chi connectivity index (χ4n) is 5.45. The average molecular weight is 537 g/mol. The number of amides is 1. The fraction of sp³-hybridized carbons (Fsp3) is 0.480. The number of hydrogen-bond donors (Lipinski definition) is 2. The van der Waals surface area contributed by atoms with Crippen molar-refractivity contribution in [2.24, 2.45) is 5.92 Å². The fourth-order valence-corrected chi connectivity index (χ4v) is 5.97. The molecule has 0 bridgehead atoms. The van der Waals surface area contributed by atoms with Gasteiger partial charge < -0.3 is 28.8 Å². The maximum Gasteiger partial charge on any atom is 0.586 e. The summed E-state index contributed by atoms with van der Waals surface area (Å²) in [5, 5.41) is 3.19. The number of benzene rings is 2. The van der Waals surface area contributed by atoms with Crippen LogP contribution >= 0.6 is 0 Å². The van der Waals surface area contributed by atoms with Crippen LogP contribution in [0.4, 0.5) is 8.78 Å². The third-order valence-electron chi connectivity index (χ3n) is 7.59. The summed E-state index contributed by atoms with van der Waals surface area (Å²) in [6.45, 7) is 1.26. The van der Waals surface area contributed by atoms with Gasteiger partial charge in [0.25, 0.3) is 0 Å². The number of rotatable bonds is 7. The van der Waals surface area contributed by atoms with Gasteiger partial charge in [0.15, 0.2) is 22.6 Å². The highest BCUT2D eigenvalue weighted by molar-refractivity contribution is 7.79. The van der Waals surface area contributed by atoms with Crippen LogP contribution in [-0.2, 0) is 21.3 Å². The molecule has 9 nitrogen and oxygen atoms in total. The van der Waals surface area contributed by atoms with Gasteiger partial charge in [-0.05, 0) is 42.7 Å². The molecule has 6 rings (SSSR count). The first kappa shape index (κ1) is 24.4. The van der Waals surface area contributed by atoms with E-state index in [0.29, 0.717) is 49.4 Å². The number of fused-ring (bicyclic) bond motifs is 2. The number of nitrogens with one attached hydrogen (secondary N) is 1. The molecule has 198 valence electrons. The van der Waals surface area contributed by atoms with Gasteiger partial charge >= 0.3 is 6.29 Å². The average Bonchev–Trinajstić information content (AvgIpc) is 3.57. The third kappa shape index (κ3) is 4.51. The van der Waals surface area contributed by atoms with E-state index < -0.39 is 22.8 Å². The number of methoxy groups -OCH3 is 1. The van der Waals surface area contributed by atoms with E-state index in [9.17, 15) is 17.8 Å². The van der Waals surface area contributed by atoms with Crippen molar-refractivity contribution in [3.63, 3.8) is 0 Å². The molecule has 1 amide bonds. The molecule has 4 aliphatic rings. The Bertz CT molecular complexity index is 1270. The lowest BCUT2D eigenvalue weighted by molar-refractivity contribution is -0.286. The quantitative estimate of drug-likeness (QED) is 0.520. The molecule has 37 heavy (non-hydrogen) atoms. The van der Waals surface area contributed by atoms with Gasteiger partial charge in [0.05, 0.1) is 18.6 Å². The van der Waals surface area contributed by atoms with Gasteiger partial charge in [0.1, 0.15) is 23.5 Å². The lowest BCUT2D eigenvalue weighted by atomic mass is 9.85. The minimum Gasteiger partial charge on any atom is -0.497 e. The van der Waals surface area contributed by atoms with Crippen molar-refractivity contribution in [3.8, 4) is 23.0 Å². The first-order chi connectivity index (χ1) is 17.7. The van der Waals surface area contributed by atoms with E-state index in [1.807, 2.05) is 17.0 Å². The second kappa shape index (κ2) is 8.81. The Morgan fingerprint density at radius 2 is 1.92 bits per heavy atom. The van der Waals surface area contributed by atoms with Crippen molar-refractivity contribution >= 4 is 17.0 Å². The van der Waals surface area contributed by atoms with Crippen LogP contribution in [0.3, 0.4) is 0 Å². The van der Waals surface area contributed by atoms with Crippen LogP contribution in [0, 0.1) is 5.92 Å². The van der Waals surface area contributed by atoms with Gasteiger partial charge in [-0.2, -0.15) is 0 Å². The van der Waals surface area contributed by atoms with Crippen molar-refractivity contribution in [2.45, 2.75) is 43.1 Å². The van der Waals surface area contributed by atoms with E-state index in [0.717, 1.165) is 5.56 Å². The van der Waals surface area contributed by atoms with Crippen molar-refractivity contribution in [1.29, 1.82) is 0 Å². The predicted molar refractivity (Wildman–Crippen MR) is 127 cm³/mol. The summed E-state index contributed by atoms with van der Waals surface area (Å²) in [6, 6.07) is 9.66. The van der Waals surface area contributed by atoms with Crippen LogP contribution in [0.15, 0.2) is 36.4 Å². The van der Waals surface area contributed by atoms with Gasteiger partial charge in [-0.25, -0.2) is 4.21 Å². The number of likely N-dealkylation sites (tertiary alicyclic amines) is 1.